The summed E-state index contributed by atoms with van der Waals surface area (Å²) in [6.45, 7) is 0.510. The van der Waals surface area contributed by atoms with Gasteiger partial charge in [-0.15, -0.1) is 0 Å². The van der Waals surface area contributed by atoms with Crippen LogP contribution in [0.25, 0.3) is 0 Å². The highest BCUT2D eigenvalue weighted by molar-refractivity contribution is 5.52. The van der Waals surface area contributed by atoms with Crippen molar-refractivity contribution >= 4 is 17.1 Å². The fraction of sp³-hybridized carbons (Fsp3) is 0.200. The van der Waals surface area contributed by atoms with Gasteiger partial charge >= 0.3 is 5.69 Å². The lowest BCUT2D eigenvalue weighted by atomic mass is 10.2. The number of hydrogen-bond acceptors (Lipinski definition) is 4. The first-order chi connectivity index (χ1) is 9.97. The Bertz CT molecular complexity index is 642. The van der Waals surface area contributed by atoms with Gasteiger partial charge in [-0.2, -0.15) is 4.39 Å². The van der Waals surface area contributed by atoms with Crippen molar-refractivity contribution in [2.24, 2.45) is 0 Å². The van der Waals surface area contributed by atoms with Gasteiger partial charge in [-0.3, -0.25) is 10.1 Å². The van der Waals surface area contributed by atoms with Gasteiger partial charge in [-0.1, -0.05) is 12.1 Å². The molecule has 2 aromatic rings. The molecular weight excluding hydrogens is 273 g/mol. The second kappa shape index (κ2) is 6.21. The first-order valence-corrected chi connectivity index (χ1v) is 6.41. The van der Waals surface area contributed by atoms with E-state index in [1.165, 1.54) is 12.1 Å². The number of nitrogens with one attached hydrogen (secondary N) is 1. The second-order valence-corrected chi connectivity index (χ2v) is 4.84. The quantitative estimate of drug-likeness (QED) is 0.677. The van der Waals surface area contributed by atoms with Gasteiger partial charge in [0.25, 0.3) is 0 Å². The van der Waals surface area contributed by atoms with Crippen LogP contribution < -0.4 is 10.2 Å². The molecule has 0 fully saturated rings. The summed E-state index contributed by atoms with van der Waals surface area (Å²) >= 11 is 0. The number of nitro groups is 1. The maximum atomic E-state index is 13.2. The standard InChI is InChI=1S/C15H16FN3O2/c1-18(2)13-6-3-11(4-7-13)10-17-12-5-8-14(16)15(9-12)19(20)21/h3-9,17H,10H2,1-2H3. The maximum Gasteiger partial charge on any atom is 0.306 e. The molecule has 0 saturated heterocycles. The van der Waals surface area contributed by atoms with Crippen LogP contribution >= 0.6 is 0 Å². The van der Waals surface area contributed by atoms with E-state index in [1.54, 1.807) is 0 Å². The van der Waals surface area contributed by atoms with Gasteiger partial charge in [0.15, 0.2) is 0 Å². The smallest absolute Gasteiger partial charge is 0.306 e. The molecule has 0 atom stereocenters. The summed E-state index contributed by atoms with van der Waals surface area (Å²) in [7, 11) is 3.93. The van der Waals surface area contributed by atoms with Crippen molar-refractivity contribution in [1.29, 1.82) is 0 Å². The van der Waals surface area contributed by atoms with Crippen molar-refractivity contribution < 1.29 is 9.31 Å². The predicted molar refractivity (Wildman–Crippen MR) is 81.2 cm³/mol. The zero-order chi connectivity index (χ0) is 15.4. The zero-order valence-corrected chi connectivity index (χ0v) is 11.8. The van der Waals surface area contributed by atoms with E-state index in [0.717, 1.165) is 17.3 Å². The normalized spacial score (nSPS) is 10.2. The van der Waals surface area contributed by atoms with Gasteiger partial charge in [-0.25, -0.2) is 0 Å². The number of hydrogen-bond donors (Lipinski definition) is 1. The molecule has 110 valence electrons. The Labute approximate surface area is 122 Å². The summed E-state index contributed by atoms with van der Waals surface area (Å²) < 4.78 is 13.2. The minimum absolute atomic E-state index is 0.510. The highest BCUT2D eigenvalue weighted by Gasteiger charge is 2.14. The number of nitrogens with zero attached hydrogens (tertiary/aromatic N) is 2. The lowest BCUT2D eigenvalue weighted by molar-refractivity contribution is -0.387. The van der Waals surface area contributed by atoms with Crippen LogP contribution in [0.15, 0.2) is 42.5 Å². The molecule has 5 nitrogen and oxygen atoms in total. The fourth-order valence-corrected chi connectivity index (χ4v) is 1.88. The van der Waals surface area contributed by atoms with Crippen LogP contribution in [0, 0.1) is 15.9 Å². The minimum Gasteiger partial charge on any atom is -0.381 e. The Morgan fingerprint density at radius 1 is 1.19 bits per heavy atom. The predicted octanol–water partition coefficient (Wildman–Crippen LogP) is 3.41. The molecule has 1 N–H and O–H groups in total. The lowest BCUT2D eigenvalue weighted by Crippen LogP contribution is -2.08. The molecule has 0 aliphatic heterocycles. The molecule has 0 amide bonds. The molecule has 0 aliphatic rings. The van der Waals surface area contributed by atoms with E-state index in [-0.39, 0.29) is 0 Å². The van der Waals surface area contributed by atoms with Gasteiger partial charge in [0.2, 0.25) is 5.82 Å². The molecule has 0 unspecified atom stereocenters. The van der Waals surface area contributed by atoms with E-state index >= 15 is 0 Å². The highest BCUT2D eigenvalue weighted by atomic mass is 19.1. The number of halogens is 1. The Hall–Kier alpha value is -2.63. The van der Waals surface area contributed by atoms with Crippen LogP contribution in [0.4, 0.5) is 21.5 Å². The Morgan fingerprint density at radius 2 is 1.86 bits per heavy atom. The Balaban J connectivity index is 2.06. The summed E-state index contributed by atoms with van der Waals surface area (Å²) in [6, 6.07) is 11.7. The number of nitro benzene ring substituents is 1. The van der Waals surface area contributed by atoms with Gasteiger partial charge in [0.05, 0.1) is 4.92 Å². The summed E-state index contributed by atoms with van der Waals surface area (Å²) in [5.41, 5.74) is 2.12. The molecule has 0 saturated carbocycles. The maximum absolute atomic E-state index is 13.2. The van der Waals surface area contributed by atoms with Crippen LogP contribution in [-0.2, 0) is 6.54 Å². The van der Waals surface area contributed by atoms with E-state index in [2.05, 4.69) is 5.32 Å². The van der Waals surface area contributed by atoms with E-state index in [0.29, 0.717) is 12.2 Å². The SMILES string of the molecule is CN(C)c1ccc(CNc2ccc(F)c([N+](=O)[O-])c2)cc1. The highest BCUT2D eigenvalue weighted by Crippen LogP contribution is 2.22. The molecule has 0 radical (unpaired) electrons. The molecule has 2 rings (SSSR count). The van der Waals surface area contributed by atoms with Crippen LogP contribution in [0.3, 0.4) is 0 Å². The third-order valence-corrected chi connectivity index (χ3v) is 3.09. The van der Waals surface area contributed by atoms with E-state index in [9.17, 15) is 14.5 Å². The van der Waals surface area contributed by atoms with Crippen molar-refractivity contribution in [2.75, 3.05) is 24.3 Å². The number of rotatable bonds is 5. The van der Waals surface area contributed by atoms with Crippen molar-refractivity contribution in [2.45, 2.75) is 6.54 Å². The van der Waals surface area contributed by atoms with Crippen molar-refractivity contribution in [3.63, 3.8) is 0 Å². The topological polar surface area (TPSA) is 58.4 Å². The van der Waals surface area contributed by atoms with Crippen LogP contribution in [0.2, 0.25) is 0 Å². The first-order valence-electron chi connectivity index (χ1n) is 6.41. The Kier molecular flexibility index (Phi) is 4.37. The van der Waals surface area contributed by atoms with Gasteiger partial charge < -0.3 is 10.2 Å². The van der Waals surface area contributed by atoms with Crippen LogP contribution in [0.5, 0.6) is 0 Å². The first kappa shape index (κ1) is 14.8. The van der Waals surface area contributed by atoms with Gasteiger partial charge in [0, 0.05) is 38.1 Å². The molecule has 0 bridgehead atoms. The molecule has 6 heteroatoms. The van der Waals surface area contributed by atoms with Gasteiger partial charge in [0.1, 0.15) is 0 Å². The monoisotopic (exact) mass is 289 g/mol. The van der Waals surface area contributed by atoms with Gasteiger partial charge in [-0.05, 0) is 29.8 Å². The molecule has 0 aromatic heterocycles. The average Bonchev–Trinajstić information content (AvgIpc) is 2.46. The van der Waals surface area contributed by atoms with E-state index in [4.69, 9.17) is 0 Å². The summed E-state index contributed by atoms with van der Waals surface area (Å²) in [5.74, 6) is -0.833. The van der Waals surface area contributed by atoms with Crippen molar-refractivity contribution in [3.05, 3.63) is 64.0 Å². The molecule has 0 heterocycles. The molecule has 21 heavy (non-hydrogen) atoms. The van der Waals surface area contributed by atoms with Crippen molar-refractivity contribution in [1.82, 2.24) is 0 Å². The Morgan fingerprint density at radius 3 is 2.43 bits per heavy atom. The van der Waals surface area contributed by atoms with E-state index in [1.807, 2.05) is 43.3 Å². The largest absolute Gasteiger partial charge is 0.381 e. The zero-order valence-electron chi connectivity index (χ0n) is 11.8. The third kappa shape index (κ3) is 3.68. The molecule has 0 spiro atoms. The summed E-state index contributed by atoms with van der Waals surface area (Å²) in [5, 5.41) is 13.7. The number of anilines is 2. The van der Waals surface area contributed by atoms with Crippen molar-refractivity contribution in [3.8, 4) is 0 Å². The second-order valence-electron chi connectivity index (χ2n) is 4.84. The fourth-order valence-electron chi connectivity index (χ4n) is 1.88. The summed E-state index contributed by atoms with van der Waals surface area (Å²) in [6.07, 6.45) is 0. The number of benzene rings is 2. The molecule has 0 aliphatic carbocycles. The average molecular weight is 289 g/mol. The van der Waals surface area contributed by atoms with Crippen LogP contribution in [0.1, 0.15) is 5.56 Å². The molecule has 2 aromatic carbocycles. The van der Waals surface area contributed by atoms with E-state index < -0.39 is 16.4 Å². The summed E-state index contributed by atoms with van der Waals surface area (Å²) in [4.78, 5) is 12.0. The van der Waals surface area contributed by atoms with Crippen LogP contribution in [-0.4, -0.2) is 19.0 Å². The minimum atomic E-state index is -0.833. The third-order valence-electron chi connectivity index (χ3n) is 3.09. The lowest BCUT2D eigenvalue weighted by Gasteiger charge is -2.13. The molecular formula is C15H16FN3O2.